The normalized spacial score (nSPS) is 16.7. The number of anilines is 1. The van der Waals surface area contributed by atoms with Crippen LogP contribution in [0, 0.1) is 24.0 Å². The molecule has 1 aliphatic heterocycles. The first-order chi connectivity index (χ1) is 18.8. The van der Waals surface area contributed by atoms with Crippen LogP contribution in [0.1, 0.15) is 41.1 Å². The van der Waals surface area contributed by atoms with Gasteiger partial charge in [-0.1, -0.05) is 30.3 Å². The van der Waals surface area contributed by atoms with Gasteiger partial charge in [0.1, 0.15) is 17.6 Å². The smallest absolute Gasteiger partial charge is 0.270 e. The van der Waals surface area contributed by atoms with Gasteiger partial charge in [-0.15, -0.1) is 0 Å². The number of nitro groups is 1. The van der Waals surface area contributed by atoms with Gasteiger partial charge in [0.15, 0.2) is 5.11 Å². The number of amides is 1. The lowest BCUT2D eigenvalue weighted by atomic mass is 10.0. The number of non-ortho nitro benzene ring substituents is 1. The molecule has 3 heterocycles. The van der Waals surface area contributed by atoms with Crippen molar-refractivity contribution in [3.63, 3.8) is 0 Å². The molecule has 2 N–H and O–H groups in total. The molecule has 2 aromatic heterocycles. The second kappa shape index (κ2) is 11.0. The molecule has 1 amide bonds. The predicted octanol–water partition coefficient (Wildman–Crippen LogP) is 5.87. The van der Waals surface area contributed by atoms with E-state index in [2.05, 4.69) is 15.6 Å². The summed E-state index contributed by atoms with van der Waals surface area (Å²) in [7, 11) is 0. The van der Waals surface area contributed by atoms with E-state index < -0.39 is 4.92 Å². The number of aromatic nitrogens is 1. The molecule has 5 rings (SSSR count). The van der Waals surface area contributed by atoms with Crippen LogP contribution in [-0.2, 0) is 4.79 Å². The number of carbonyl (C=O) groups is 1. The third kappa shape index (κ3) is 5.65. The van der Waals surface area contributed by atoms with Crippen LogP contribution in [0.25, 0.3) is 11.3 Å². The molecule has 1 saturated heterocycles. The zero-order valence-corrected chi connectivity index (χ0v) is 22.3. The number of aryl methyl sites for hydroxylation is 2. The maximum Gasteiger partial charge on any atom is 0.270 e. The zero-order chi connectivity index (χ0) is 27.5. The molecular formula is C29H27N5O4S. The Morgan fingerprint density at radius 2 is 1.97 bits per heavy atom. The third-order valence-corrected chi connectivity index (χ3v) is 7.06. The van der Waals surface area contributed by atoms with Gasteiger partial charge in [0.2, 0.25) is 5.91 Å². The van der Waals surface area contributed by atoms with Crippen molar-refractivity contribution in [2.45, 2.75) is 32.4 Å². The molecule has 0 bridgehead atoms. The Balaban J connectivity index is 1.41. The topological polar surface area (TPSA) is 114 Å². The number of furan rings is 1. The highest BCUT2D eigenvalue weighted by Gasteiger charge is 2.41. The molecule has 0 radical (unpaired) electrons. The fourth-order valence-corrected chi connectivity index (χ4v) is 5.03. The summed E-state index contributed by atoms with van der Waals surface area (Å²) in [5.41, 5.74) is 4.20. The number of nitrogens with zero attached hydrogens (tertiary/aromatic N) is 3. The lowest BCUT2D eigenvalue weighted by Crippen LogP contribution is -2.32. The van der Waals surface area contributed by atoms with Gasteiger partial charge >= 0.3 is 0 Å². The van der Waals surface area contributed by atoms with Crippen molar-refractivity contribution in [2.24, 2.45) is 0 Å². The van der Waals surface area contributed by atoms with Crippen LogP contribution < -0.4 is 10.6 Å². The third-order valence-electron chi connectivity index (χ3n) is 6.70. The second-order valence-corrected chi connectivity index (χ2v) is 9.83. The van der Waals surface area contributed by atoms with Gasteiger partial charge in [-0.25, -0.2) is 0 Å². The minimum Gasteiger partial charge on any atom is -0.459 e. The number of nitro benzene ring substituents is 1. The molecule has 0 aliphatic carbocycles. The van der Waals surface area contributed by atoms with E-state index in [-0.39, 0.29) is 30.1 Å². The Hall–Kier alpha value is -4.57. The largest absolute Gasteiger partial charge is 0.459 e. The van der Waals surface area contributed by atoms with Gasteiger partial charge in [0.05, 0.1) is 16.7 Å². The molecule has 10 heteroatoms. The summed E-state index contributed by atoms with van der Waals surface area (Å²) >= 11 is 5.70. The monoisotopic (exact) mass is 541 g/mol. The van der Waals surface area contributed by atoms with E-state index in [1.165, 1.54) is 12.1 Å². The quantitative estimate of drug-likeness (QED) is 0.162. The summed E-state index contributed by atoms with van der Waals surface area (Å²) in [6, 6.07) is 20.8. The van der Waals surface area contributed by atoms with Crippen LogP contribution >= 0.6 is 12.2 Å². The second-order valence-electron chi connectivity index (χ2n) is 9.45. The average Bonchev–Trinajstić information content (AvgIpc) is 3.54. The van der Waals surface area contributed by atoms with E-state index >= 15 is 0 Å². The number of rotatable bonds is 8. The molecule has 1 aliphatic rings. The number of carbonyl (C=O) groups excluding carboxylic acids is 1. The van der Waals surface area contributed by atoms with E-state index in [0.29, 0.717) is 28.7 Å². The zero-order valence-electron chi connectivity index (χ0n) is 21.5. The van der Waals surface area contributed by atoms with Crippen molar-refractivity contribution in [2.75, 3.05) is 11.9 Å². The van der Waals surface area contributed by atoms with Gasteiger partial charge in [0, 0.05) is 42.5 Å². The lowest BCUT2D eigenvalue weighted by molar-refractivity contribution is -0.384. The Morgan fingerprint density at radius 3 is 2.74 bits per heavy atom. The molecule has 0 saturated carbocycles. The van der Waals surface area contributed by atoms with Crippen LogP contribution in [0.5, 0.6) is 0 Å². The van der Waals surface area contributed by atoms with Crippen LogP contribution in [0.4, 0.5) is 11.4 Å². The first kappa shape index (κ1) is 26.1. The fraction of sp³-hybridized carbons (Fsp3) is 0.207. The van der Waals surface area contributed by atoms with Crippen molar-refractivity contribution in [1.29, 1.82) is 0 Å². The van der Waals surface area contributed by atoms with E-state index in [4.69, 9.17) is 16.6 Å². The standard InChI is InChI=1S/C29H27N5O4S/c1-18-9-10-19(2)23(16-18)31-26(35)13-15-33-28(27(32-29(33)39)22-8-3-4-14-30-22)25-12-11-24(38-25)20-6-5-7-21(17-20)34(36)37/h3-12,14,16-17,27-28H,13,15H2,1-2H3,(H,31,35)(H,32,39)/t27-,28+/m0/s1. The van der Waals surface area contributed by atoms with Crippen molar-refractivity contribution < 1.29 is 14.1 Å². The Labute approximate surface area is 231 Å². The highest BCUT2D eigenvalue weighted by Crippen LogP contribution is 2.40. The van der Waals surface area contributed by atoms with Crippen LogP contribution in [0.2, 0.25) is 0 Å². The van der Waals surface area contributed by atoms with Gasteiger partial charge < -0.3 is 20.0 Å². The van der Waals surface area contributed by atoms with Crippen LogP contribution in [0.15, 0.2) is 83.4 Å². The number of hydrogen-bond donors (Lipinski definition) is 2. The summed E-state index contributed by atoms with van der Waals surface area (Å²) in [4.78, 5) is 30.2. The molecule has 2 aromatic carbocycles. The summed E-state index contributed by atoms with van der Waals surface area (Å²) in [5.74, 6) is 0.983. The number of hydrogen-bond acceptors (Lipinski definition) is 6. The maximum absolute atomic E-state index is 12.9. The Morgan fingerprint density at radius 1 is 1.13 bits per heavy atom. The number of nitrogens with one attached hydrogen (secondary N) is 2. The maximum atomic E-state index is 12.9. The van der Waals surface area contributed by atoms with Crippen molar-refractivity contribution in [3.05, 3.63) is 112 Å². The Kier molecular flexibility index (Phi) is 7.38. The minimum atomic E-state index is -0.436. The molecule has 2 atom stereocenters. The van der Waals surface area contributed by atoms with Gasteiger partial charge in [-0.3, -0.25) is 19.9 Å². The molecule has 4 aromatic rings. The van der Waals surface area contributed by atoms with Crippen LogP contribution in [0.3, 0.4) is 0 Å². The number of thiocarbonyl (C=S) groups is 1. The fourth-order valence-electron chi connectivity index (χ4n) is 4.70. The SMILES string of the molecule is Cc1ccc(C)c(NC(=O)CCN2C(=S)N[C@@H](c3ccccn3)[C@H]2c2ccc(-c3cccc([N+](=O)[O-])c3)o2)c1. The van der Waals surface area contributed by atoms with Crippen LogP contribution in [-0.4, -0.2) is 32.4 Å². The summed E-state index contributed by atoms with van der Waals surface area (Å²) in [6.07, 6.45) is 1.92. The first-order valence-corrected chi connectivity index (χ1v) is 12.9. The molecule has 39 heavy (non-hydrogen) atoms. The number of pyridine rings is 1. The van der Waals surface area contributed by atoms with E-state index in [1.807, 2.05) is 61.2 Å². The molecule has 0 unspecified atom stereocenters. The van der Waals surface area contributed by atoms with Crippen molar-refractivity contribution in [1.82, 2.24) is 15.2 Å². The van der Waals surface area contributed by atoms with E-state index in [0.717, 1.165) is 22.5 Å². The summed E-state index contributed by atoms with van der Waals surface area (Å²) in [5, 5.41) is 18.1. The summed E-state index contributed by atoms with van der Waals surface area (Å²) < 4.78 is 6.26. The predicted molar refractivity (Wildman–Crippen MR) is 152 cm³/mol. The van der Waals surface area contributed by atoms with Crippen molar-refractivity contribution in [3.8, 4) is 11.3 Å². The lowest BCUT2D eigenvalue weighted by Gasteiger charge is -2.26. The van der Waals surface area contributed by atoms with Crippen molar-refractivity contribution >= 4 is 34.6 Å². The first-order valence-electron chi connectivity index (χ1n) is 12.5. The van der Waals surface area contributed by atoms with E-state index in [9.17, 15) is 14.9 Å². The van der Waals surface area contributed by atoms with Gasteiger partial charge in [-0.05, 0) is 67.5 Å². The minimum absolute atomic E-state index is 0.0167. The highest BCUT2D eigenvalue weighted by molar-refractivity contribution is 7.80. The molecular weight excluding hydrogens is 514 g/mol. The molecule has 9 nitrogen and oxygen atoms in total. The number of benzene rings is 2. The molecule has 0 spiro atoms. The molecule has 1 fully saturated rings. The molecule has 198 valence electrons. The van der Waals surface area contributed by atoms with Gasteiger partial charge in [0.25, 0.3) is 5.69 Å². The Bertz CT molecular complexity index is 1540. The average molecular weight is 542 g/mol. The van der Waals surface area contributed by atoms with Gasteiger partial charge in [-0.2, -0.15) is 0 Å². The van der Waals surface area contributed by atoms with E-state index in [1.54, 1.807) is 24.4 Å². The summed E-state index contributed by atoms with van der Waals surface area (Å²) in [6.45, 7) is 4.29. The highest BCUT2D eigenvalue weighted by atomic mass is 32.1.